The van der Waals surface area contributed by atoms with Crippen molar-refractivity contribution in [2.24, 2.45) is 0 Å². The molecule has 0 aliphatic carbocycles. The maximum atomic E-state index is 3.96. The van der Waals surface area contributed by atoms with Gasteiger partial charge >= 0.3 is 0 Å². The molecule has 0 amide bonds. The van der Waals surface area contributed by atoms with Gasteiger partial charge in [0.1, 0.15) is 0 Å². The molecule has 1 heterocycles. The monoisotopic (exact) mass is 164 g/mol. The summed E-state index contributed by atoms with van der Waals surface area (Å²) in [5, 5.41) is 0. The van der Waals surface area contributed by atoms with Crippen molar-refractivity contribution in [3.05, 3.63) is 35.1 Å². The predicted octanol–water partition coefficient (Wildman–Crippen LogP) is 3.28. The molecule has 0 radical (unpaired) electrons. The summed E-state index contributed by atoms with van der Waals surface area (Å²) >= 11 is 1.80. The fourth-order valence-corrected chi connectivity index (χ4v) is 2.31. The lowest BCUT2D eigenvalue weighted by atomic mass is 10.0. The highest BCUT2D eigenvalue weighted by molar-refractivity contribution is 8.05. The van der Waals surface area contributed by atoms with E-state index >= 15 is 0 Å². The number of thioether (sulfide) groups is 1. The first-order chi connectivity index (χ1) is 5.05. The summed E-state index contributed by atoms with van der Waals surface area (Å²) in [7, 11) is 0. The van der Waals surface area contributed by atoms with Gasteiger partial charge < -0.3 is 0 Å². The van der Waals surface area contributed by atoms with Crippen LogP contribution in [0.25, 0.3) is 0 Å². The molecular formula is C10H12S. The number of rotatable bonds is 0. The van der Waals surface area contributed by atoms with Gasteiger partial charge in [0.2, 0.25) is 0 Å². The van der Waals surface area contributed by atoms with Crippen LogP contribution in [0.5, 0.6) is 0 Å². The number of hydrogen-bond donors (Lipinski definition) is 0. The van der Waals surface area contributed by atoms with Crippen LogP contribution in [0.2, 0.25) is 0 Å². The van der Waals surface area contributed by atoms with Crippen LogP contribution in [0.1, 0.15) is 20.3 Å². The third-order valence-corrected chi connectivity index (χ3v) is 2.83. The molecule has 1 aliphatic heterocycles. The Kier molecular flexibility index (Phi) is 2.15. The topological polar surface area (TPSA) is 0 Å². The summed E-state index contributed by atoms with van der Waals surface area (Å²) < 4.78 is 0.288. The van der Waals surface area contributed by atoms with E-state index in [1.807, 2.05) is 0 Å². The van der Waals surface area contributed by atoms with Crippen LogP contribution in [-0.2, 0) is 0 Å². The molecule has 0 spiro atoms. The van der Waals surface area contributed by atoms with Crippen LogP contribution in [0.4, 0.5) is 0 Å². The molecule has 58 valence electrons. The zero-order chi connectivity index (χ0) is 8.48. The molecule has 0 aromatic rings. The first-order valence-corrected chi connectivity index (χ1v) is 4.39. The van der Waals surface area contributed by atoms with Gasteiger partial charge in [-0.2, -0.15) is 0 Å². The fourth-order valence-electron chi connectivity index (χ4n) is 1.17. The second-order valence-electron chi connectivity index (χ2n) is 3.27. The van der Waals surface area contributed by atoms with Crippen molar-refractivity contribution in [3.8, 4) is 0 Å². The van der Waals surface area contributed by atoms with Crippen LogP contribution in [0, 0.1) is 0 Å². The summed E-state index contributed by atoms with van der Waals surface area (Å²) in [5.41, 5.74) is 6.79. The van der Waals surface area contributed by atoms with Crippen LogP contribution < -0.4 is 0 Å². The minimum atomic E-state index is 0.288. The molecule has 1 aliphatic rings. The van der Waals surface area contributed by atoms with Crippen LogP contribution in [-0.4, -0.2) is 4.75 Å². The molecule has 0 atom stereocenters. The molecule has 1 rings (SSSR count). The van der Waals surface area contributed by atoms with E-state index in [2.05, 4.69) is 38.5 Å². The van der Waals surface area contributed by atoms with Crippen LogP contribution in [0.15, 0.2) is 35.1 Å². The van der Waals surface area contributed by atoms with E-state index in [9.17, 15) is 0 Å². The Bertz CT molecular complexity index is 271. The van der Waals surface area contributed by atoms with Crippen molar-refractivity contribution in [2.75, 3.05) is 0 Å². The first kappa shape index (κ1) is 8.49. The molecule has 1 saturated heterocycles. The second kappa shape index (κ2) is 2.79. The van der Waals surface area contributed by atoms with Crippen LogP contribution in [0.3, 0.4) is 0 Å². The van der Waals surface area contributed by atoms with Gasteiger partial charge in [0.25, 0.3) is 0 Å². The van der Waals surface area contributed by atoms with Crippen molar-refractivity contribution in [1.82, 2.24) is 0 Å². The van der Waals surface area contributed by atoms with E-state index in [0.717, 1.165) is 16.9 Å². The lowest BCUT2D eigenvalue weighted by molar-refractivity contribution is 0.731. The molecule has 0 saturated carbocycles. The third kappa shape index (κ3) is 1.91. The summed E-state index contributed by atoms with van der Waals surface area (Å²) in [6.45, 7) is 11.9. The average molecular weight is 164 g/mol. The molecule has 1 fully saturated rings. The number of hydrogen-bond acceptors (Lipinski definition) is 1. The molecule has 0 N–H and O–H groups in total. The zero-order valence-corrected chi connectivity index (χ0v) is 7.85. The van der Waals surface area contributed by atoms with Gasteiger partial charge in [-0.25, -0.2) is 0 Å². The van der Waals surface area contributed by atoms with Gasteiger partial charge in [0.15, 0.2) is 0 Å². The Balaban J connectivity index is 3.01. The Morgan fingerprint density at radius 1 is 1.55 bits per heavy atom. The van der Waals surface area contributed by atoms with E-state index in [0.29, 0.717) is 0 Å². The first-order valence-electron chi connectivity index (χ1n) is 3.57. The van der Waals surface area contributed by atoms with Gasteiger partial charge in [-0.05, 0) is 18.6 Å². The van der Waals surface area contributed by atoms with Crippen LogP contribution >= 0.6 is 11.8 Å². The van der Waals surface area contributed by atoms with Crippen molar-refractivity contribution in [2.45, 2.75) is 25.0 Å². The smallest absolute Gasteiger partial charge is 0.0608 e. The van der Waals surface area contributed by atoms with E-state index in [4.69, 9.17) is 0 Å². The number of allylic oxidation sites excluding steroid dienone is 1. The maximum absolute atomic E-state index is 3.96. The summed E-state index contributed by atoms with van der Waals surface area (Å²) in [6.07, 6.45) is 1.04. The summed E-state index contributed by atoms with van der Waals surface area (Å²) in [4.78, 5) is 1.12. The predicted molar refractivity (Wildman–Crippen MR) is 51.6 cm³/mol. The summed E-state index contributed by atoms with van der Waals surface area (Å²) in [5.74, 6) is 0. The highest BCUT2D eigenvalue weighted by atomic mass is 32.2. The SMILES string of the molecule is C=C=C=C1SC(C)(C)CC1=C. The Hall–Kier alpha value is -0.610. The molecule has 0 unspecified atom stereocenters. The van der Waals surface area contributed by atoms with Gasteiger partial charge in [-0.15, -0.1) is 11.8 Å². The van der Waals surface area contributed by atoms with Crippen molar-refractivity contribution < 1.29 is 0 Å². The van der Waals surface area contributed by atoms with E-state index in [-0.39, 0.29) is 4.75 Å². The lowest BCUT2D eigenvalue weighted by Crippen LogP contribution is -2.07. The standard InChI is InChI=1S/C10H12S/c1-5-6-9-8(2)7-10(3,4)11-9/h1-2,7H2,3-4H3. The largest absolute Gasteiger partial charge is 0.110 e. The van der Waals surface area contributed by atoms with E-state index in [1.54, 1.807) is 11.8 Å². The molecule has 0 aromatic heterocycles. The van der Waals surface area contributed by atoms with E-state index in [1.165, 1.54) is 0 Å². The van der Waals surface area contributed by atoms with Gasteiger partial charge in [0, 0.05) is 4.75 Å². The minimum Gasteiger partial charge on any atom is -0.110 e. The normalized spacial score (nSPS) is 21.3. The van der Waals surface area contributed by atoms with E-state index < -0.39 is 0 Å². The van der Waals surface area contributed by atoms with Crippen molar-refractivity contribution >= 4 is 11.8 Å². The average Bonchev–Trinajstić information content (AvgIpc) is 2.07. The highest BCUT2D eigenvalue weighted by Gasteiger charge is 2.30. The molecule has 0 nitrogen and oxygen atoms in total. The molecule has 11 heavy (non-hydrogen) atoms. The minimum absolute atomic E-state index is 0.288. The third-order valence-electron chi connectivity index (χ3n) is 1.54. The molecule has 0 aromatic carbocycles. The lowest BCUT2D eigenvalue weighted by Gasteiger charge is -2.12. The van der Waals surface area contributed by atoms with Crippen molar-refractivity contribution in [1.29, 1.82) is 0 Å². The quantitative estimate of drug-likeness (QED) is 0.495. The molecular weight excluding hydrogens is 152 g/mol. The molecule has 0 bridgehead atoms. The second-order valence-corrected chi connectivity index (χ2v) is 4.99. The summed E-state index contributed by atoms with van der Waals surface area (Å²) in [6, 6.07) is 0. The molecule has 1 heteroatoms. The van der Waals surface area contributed by atoms with Gasteiger partial charge in [0.05, 0.1) is 4.91 Å². The Morgan fingerprint density at radius 3 is 2.55 bits per heavy atom. The maximum Gasteiger partial charge on any atom is 0.0608 e. The Morgan fingerprint density at radius 2 is 2.18 bits per heavy atom. The fraction of sp³-hybridized carbons (Fsp3) is 0.400. The Labute approximate surface area is 72.4 Å². The van der Waals surface area contributed by atoms with Crippen molar-refractivity contribution in [3.63, 3.8) is 0 Å². The highest BCUT2D eigenvalue weighted by Crippen LogP contribution is 2.47. The van der Waals surface area contributed by atoms with Gasteiger partial charge in [-0.3, -0.25) is 0 Å². The van der Waals surface area contributed by atoms with Gasteiger partial charge in [-0.1, -0.05) is 31.9 Å². The zero-order valence-electron chi connectivity index (χ0n) is 7.03.